The molecular weight excluding hydrogens is 345 g/mol. The second-order valence-corrected chi connectivity index (χ2v) is 5.88. The normalized spacial score (nSPS) is 10.5. The summed E-state index contributed by atoms with van der Waals surface area (Å²) in [5, 5.41) is 7.73. The van der Waals surface area contributed by atoms with Gasteiger partial charge in [0.2, 0.25) is 5.95 Å². The van der Waals surface area contributed by atoms with Crippen molar-refractivity contribution in [3.63, 3.8) is 0 Å². The van der Waals surface area contributed by atoms with Crippen LogP contribution in [0, 0.1) is 0 Å². The minimum atomic E-state index is 0.407. The third-order valence-electron chi connectivity index (χ3n) is 2.79. The van der Waals surface area contributed by atoms with Gasteiger partial charge in [-0.3, -0.25) is 0 Å². The van der Waals surface area contributed by atoms with Crippen LogP contribution in [-0.2, 0) is 0 Å². The Bertz CT molecular complexity index is 616. The molecule has 0 aliphatic heterocycles. The maximum absolute atomic E-state index is 6.08. The predicted molar refractivity (Wildman–Crippen MR) is 93.6 cm³/mol. The second-order valence-electron chi connectivity index (χ2n) is 4.60. The Morgan fingerprint density at radius 3 is 2.45 bits per heavy atom. The predicted octanol–water partition coefficient (Wildman–Crippen LogP) is 4.33. The van der Waals surface area contributed by atoms with Crippen LogP contribution in [0.2, 0.25) is 15.1 Å². The van der Waals surface area contributed by atoms with Gasteiger partial charge in [-0.05, 0) is 37.6 Å². The Morgan fingerprint density at radius 1 is 1.05 bits per heavy atom. The highest BCUT2D eigenvalue weighted by molar-refractivity contribution is 6.35. The van der Waals surface area contributed by atoms with Gasteiger partial charge in [0.05, 0.1) is 6.20 Å². The number of hydrogen-bond donors (Lipinski definition) is 3. The van der Waals surface area contributed by atoms with Crippen molar-refractivity contribution < 1.29 is 0 Å². The summed E-state index contributed by atoms with van der Waals surface area (Å²) in [6, 6.07) is 5.13. The molecular formula is C14H16Cl3N5. The molecule has 1 heterocycles. The Labute approximate surface area is 144 Å². The van der Waals surface area contributed by atoms with E-state index in [2.05, 4.69) is 20.6 Å². The van der Waals surface area contributed by atoms with E-state index < -0.39 is 0 Å². The summed E-state index contributed by atoms with van der Waals surface area (Å²) >= 11 is 18.0. The van der Waals surface area contributed by atoms with E-state index in [1.165, 1.54) is 6.20 Å². The zero-order valence-corrected chi connectivity index (χ0v) is 14.0. The Morgan fingerprint density at radius 2 is 1.77 bits per heavy atom. The summed E-state index contributed by atoms with van der Waals surface area (Å²) in [7, 11) is 0. The molecule has 2 rings (SSSR count). The zero-order valence-electron chi connectivity index (χ0n) is 11.7. The van der Waals surface area contributed by atoms with Gasteiger partial charge in [-0.1, -0.05) is 34.8 Å². The molecule has 0 atom stereocenters. The van der Waals surface area contributed by atoms with Crippen molar-refractivity contribution in [1.82, 2.24) is 9.97 Å². The van der Waals surface area contributed by atoms with Crippen LogP contribution in [0.1, 0.15) is 12.8 Å². The van der Waals surface area contributed by atoms with Crippen molar-refractivity contribution in [2.24, 2.45) is 5.73 Å². The molecule has 5 nitrogen and oxygen atoms in total. The number of nitrogens with one attached hydrogen (secondary N) is 2. The van der Waals surface area contributed by atoms with E-state index in [4.69, 9.17) is 40.5 Å². The highest BCUT2D eigenvalue weighted by Gasteiger charge is 2.06. The van der Waals surface area contributed by atoms with E-state index in [0.29, 0.717) is 39.1 Å². The lowest BCUT2D eigenvalue weighted by Crippen LogP contribution is -2.08. The summed E-state index contributed by atoms with van der Waals surface area (Å²) in [6.45, 7) is 1.41. The number of halogens is 3. The summed E-state index contributed by atoms with van der Waals surface area (Å²) in [6.07, 6.45) is 3.43. The molecule has 0 unspecified atom stereocenters. The molecule has 1 aromatic heterocycles. The fraction of sp³-hybridized carbons (Fsp3) is 0.286. The number of aromatic nitrogens is 2. The number of hydrogen-bond acceptors (Lipinski definition) is 5. The molecule has 118 valence electrons. The highest BCUT2D eigenvalue weighted by atomic mass is 35.5. The molecule has 8 heteroatoms. The van der Waals surface area contributed by atoms with Crippen LogP contribution < -0.4 is 16.4 Å². The first-order chi connectivity index (χ1) is 10.6. The molecule has 0 fully saturated rings. The van der Waals surface area contributed by atoms with E-state index in [1.54, 1.807) is 18.2 Å². The molecule has 4 N–H and O–H groups in total. The molecule has 0 amide bonds. The quantitative estimate of drug-likeness (QED) is 0.641. The molecule has 2 aromatic rings. The summed E-state index contributed by atoms with van der Waals surface area (Å²) in [4.78, 5) is 8.48. The van der Waals surface area contributed by atoms with Crippen LogP contribution in [0.3, 0.4) is 0 Å². The van der Waals surface area contributed by atoms with Gasteiger partial charge in [-0.25, -0.2) is 4.98 Å². The topological polar surface area (TPSA) is 75.9 Å². The third-order valence-corrected chi connectivity index (χ3v) is 3.50. The van der Waals surface area contributed by atoms with Crippen LogP contribution in [0.15, 0.2) is 24.4 Å². The van der Waals surface area contributed by atoms with Crippen molar-refractivity contribution in [2.45, 2.75) is 12.8 Å². The van der Waals surface area contributed by atoms with E-state index in [-0.39, 0.29) is 0 Å². The molecule has 0 aliphatic rings. The number of anilines is 3. The first-order valence-electron chi connectivity index (χ1n) is 6.78. The smallest absolute Gasteiger partial charge is 0.229 e. The largest absolute Gasteiger partial charge is 0.369 e. The molecule has 0 saturated carbocycles. The summed E-state index contributed by atoms with van der Waals surface area (Å²) < 4.78 is 0. The number of nitrogens with two attached hydrogens (primary N) is 1. The molecule has 1 aromatic carbocycles. The number of unbranched alkanes of at least 4 members (excludes halogenated alkanes) is 1. The van der Waals surface area contributed by atoms with Crippen LogP contribution >= 0.6 is 34.8 Å². The first kappa shape index (κ1) is 17.1. The SMILES string of the molecule is NCCCCNc1nc(Nc2cc(Cl)cc(Cl)c2)ncc1Cl. The fourth-order valence-corrected chi connectivity index (χ4v) is 2.47. The average molecular weight is 361 g/mol. The fourth-order valence-electron chi connectivity index (χ4n) is 1.78. The third kappa shape index (κ3) is 5.18. The van der Waals surface area contributed by atoms with Crippen molar-refractivity contribution in [1.29, 1.82) is 0 Å². The lowest BCUT2D eigenvalue weighted by molar-refractivity contribution is 0.772. The molecule has 0 saturated heterocycles. The maximum atomic E-state index is 6.08. The van der Waals surface area contributed by atoms with Gasteiger partial charge in [-0.15, -0.1) is 0 Å². The zero-order chi connectivity index (χ0) is 15.9. The molecule has 22 heavy (non-hydrogen) atoms. The number of rotatable bonds is 7. The van der Waals surface area contributed by atoms with Crippen LogP contribution in [0.25, 0.3) is 0 Å². The number of nitrogens with zero attached hydrogens (tertiary/aromatic N) is 2. The van der Waals surface area contributed by atoms with Crippen LogP contribution in [0.5, 0.6) is 0 Å². The van der Waals surface area contributed by atoms with E-state index in [0.717, 1.165) is 19.4 Å². The van der Waals surface area contributed by atoms with Gasteiger partial charge in [0.1, 0.15) is 10.8 Å². The van der Waals surface area contributed by atoms with Crippen molar-refractivity contribution >= 4 is 52.3 Å². The molecule has 0 spiro atoms. The summed E-state index contributed by atoms with van der Waals surface area (Å²) in [5.74, 6) is 0.980. The van der Waals surface area contributed by atoms with Gasteiger partial charge in [-0.2, -0.15) is 4.98 Å². The Kier molecular flexibility index (Phi) is 6.51. The molecule has 0 radical (unpaired) electrons. The monoisotopic (exact) mass is 359 g/mol. The van der Waals surface area contributed by atoms with E-state index in [9.17, 15) is 0 Å². The molecule has 0 bridgehead atoms. The highest BCUT2D eigenvalue weighted by Crippen LogP contribution is 2.25. The standard InChI is InChI=1S/C14H16Cl3N5/c15-9-5-10(16)7-11(6-9)21-14-20-8-12(17)13(22-14)19-4-2-1-3-18/h5-8H,1-4,18H2,(H2,19,20,21,22). The van der Waals surface area contributed by atoms with Gasteiger partial charge in [0.15, 0.2) is 0 Å². The van der Waals surface area contributed by atoms with Crippen molar-refractivity contribution in [3.8, 4) is 0 Å². The Balaban J connectivity index is 2.08. The lowest BCUT2D eigenvalue weighted by atomic mass is 10.3. The van der Waals surface area contributed by atoms with Gasteiger partial charge in [0, 0.05) is 22.3 Å². The average Bonchev–Trinajstić information content (AvgIpc) is 2.45. The lowest BCUT2D eigenvalue weighted by Gasteiger charge is -2.10. The van der Waals surface area contributed by atoms with Crippen LogP contribution in [-0.4, -0.2) is 23.1 Å². The van der Waals surface area contributed by atoms with E-state index in [1.807, 2.05) is 0 Å². The van der Waals surface area contributed by atoms with Gasteiger partial charge in [0.25, 0.3) is 0 Å². The first-order valence-corrected chi connectivity index (χ1v) is 7.91. The Hall–Kier alpha value is -1.27. The maximum Gasteiger partial charge on any atom is 0.229 e. The summed E-state index contributed by atoms with van der Waals surface area (Å²) in [5.41, 5.74) is 6.16. The van der Waals surface area contributed by atoms with Crippen LogP contribution in [0.4, 0.5) is 17.5 Å². The molecule has 0 aliphatic carbocycles. The van der Waals surface area contributed by atoms with E-state index >= 15 is 0 Å². The van der Waals surface area contributed by atoms with Crippen molar-refractivity contribution in [2.75, 3.05) is 23.7 Å². The number of benzene rings is 1. The van der Waals surface area contributed by atoms with Gasteiger partial charge < -0.3 is 16.4 Å². The van der Waals surface area contributed by atoms with Gasteiger partial charge >= 0.3 is 0 Å². The van der Waals surface area contributed by atoms with Crippen molar-refractivity contribution in [3.05, 3.63) is 39.5 Å². The minimum Gasteiger partial charge on any atom is -0.369 e. The second kappa shape index (κ2) is 8.39. The minimum absolute atomic E-state index is 0.407.